The van der Waals surface area contributed by atoms with Crippen molar-refractivity contribution in [2.45, 2.75) is 76.1 Å². The highest BCUT2D eigenvalue weighted by Gasteiger charge is 2.41. The van der Waals surface area contributed by atoms with Gasteiger partial charge in [-0.25, -0.2) is 0 Å². The molecule has 1 unspecified atom stereocenters. The van der Waals surface area contributed by atoms with E-state index in [2.05, 4.69) is 9.89 Å². The summed E-state index contributed by atoms with van der Waals surface area (Å²) in [5.74, 6) is 0.376. The highest BCUT2D eigenvalue weighted by atomic mass is 16.7. The smallest absolute Gasteiger partial charge is 0.191 e. The molecule has 5 heteroatoms. The van der Waals surface area contributed by atoms with Gasteiger partial charge in [0.1, 0.15) is 6.10 Å². The monoisotopic (exact) mass is 309 g/mol. The number of hydrogen-bond acceptors (Lipinski definition) is 3. The summed E-state index contributed by atoms with van der Waals surface area (Å²) >= 11 is 0. The number of guanidine groups is 1. The summed E-state index contributed by atoms with van der Waals surface area (Å²) < 4.78 is 12.3. The van der Waals surface area contributed by atoms with Gasteiger partial charge in [-0.3, -0.25) is 4.99 Å². The second kappa shape index (κ2) is 7.64. The van der Waals surface area contributed by atoms with Crippen LogP contribution in [0.4, 0.5) is 0 Å². The van der Waals surface area contributed by atoms with Crippen molar-refractivity contribution in [1.29, 1.82) is 0 Å². The van der Waals surface area contributed by atoms with Gasteiger partial charge in [0.2, 0.25) is 0 Å². The molecule has 1 saturated carbocycles. The van der Waals surface area contributed by atoms with Crippen molar-refractivity contribution in [3.63, 3.8) is 0 Å². The van der Waals surface area contributed by atoms with Gasteiger partial charge in [0, 0.05) is 25.9 Å². The molecule has 2 heterocycles. The van der Waals surface area contributed by atoms with Crippen LogP contribution in [0, 0.1) is 0 Å². The molecule has 0 radical (unpaired) electrons. The van der Waals surface area contributed by atoms with Gasteiger partial charge in [0.25, 0.3) is 0 Å². The molecule has 1 aliphatic carbocycles. The average molecular weight is 309 g/mol. The maximum absolute atomic E-state index is 6.23. The van der Waals surface area contributed by atoms with Gasteiger partial charge in [0.15, 0.2) is 11.7 Å². The van der Waals surface area contributed by atoms with Gasteiger partial charge in [-0.05, 0) is 25.7 Å². The Labute approximate surface area is 134 Å². The second-order valence-corrected chi connectivity index (χ2v) is 6.98. The fraction of sp³-hybridized carbons (Fsp3) is 0.941. The molecule has 2 saturated heterocycles. The first kappa shape index (κ1) is 16.1. The van der Waals surface area contributed by atoms with E-state index in [1.807, 2.05) is 0 Å². The predicted octanol–water partition coefficient (Wildman–Crippen LogP) is 2.64. The Morgan fingerprint density at radius 3 is 2.32 bits per heavy atom. The molecule has 3 aliphatic rings. The number of nitrogens with zero attached hydrogens (tertiary/aromatic N) is 2. The molecule has 0 bridgehead atoms. The summed E-state index contributed by atoms with van der Waals surface area (Å²) in [7, 11) is 0. The minimum Gasteiger partial charge on any atom is -0.370 e. The zero-order valence-electron chi connectivity index (χ0n) is 13.8. The number of nitrogens with two attached hydrogens (primary N) is 1. The third-order valence-corrected chi connectivity index (χ3v) is 5.17. The van der Waals surface area contributed by atoms with Crippen LogP contribution >= 0.6 is 0 Å². The van der Waals surface area contributed by atoms with E-state index in [9.17, 15) is 0 Å². The number of rotatable bonds is 2. The van der Waals surface area contributed by atoms with E-state index in [0.717, 1.165) is 25.9 Å². The summed E-state index contributed by atoms with van der Waals surface area (Å²) in [6.07, 6.45) is 12.3. The number of likely N-dealkylation sites (tertiary alicyclic amines) is 1. The molecular formula is C17H31N3O2. The first-order valence-corrected chi connectivity index (χ1v) is 9.14. The van der Waals surface area contributed by atoms with E-state index < -0.39 is 0 Å². The van der Waals surface area contributed by atoms with Crippen LogP contribution in [0.5, 0.6) is 0 Å². The van der Waals surface area contributed by atoms with Crippen LogP contribution in [0.25, 0.3) is 0 Å². The predicted molar refractivity (Wildman–Crippen MR) is 87.8 cm³/mol. The average Bonchev–Trinajstić information content (AvgIpc) is 2.74. The van der Waals surface area contributed by atoms with Crippen LogP contribution < -0.4 is 5.73 Å². The van der Waals surface area contributed by atoms with E-state index in [1.54, 1.807) is 0 Å². The molecule has 2 N–H and O–H groups in total. The lowest BCUT2D eigenvalue weighted by Gasteiger charge is -2.26. The first-order chi connectivity index (χ1) is 10.8. The Bertz CT molecular complexity index is 370. The highest BCUT2D eigenvalue weighted by molar-refractivity contribution is 5.78. The SMILES string of the molecule is NC(=NCC1COC2(CCCCCC2)O1)N1CCCCCC1. The maximum Gasteiger partial charge on any atom is 0.191 e. The highest BCUT2D eigenvalue weighted by Crippen LogP contribution is 2.36. The molecule has 0 aromatic heterocycles. The van der Waals surface area contributed by atoms with Crippen molar-refractivity contribution in [2.75, 3.05) is 26.2 Å². The summed E-state index contributed by atoms with van der Waals surface area (Å²) in [4.78, 5) is 6.81. The van der Waals surface area contributed by atoms with E-state index >= 15 is 0 Å². The first-order valence-electron chi connectivity index (χ1n) is 9.14. The van der Waals surface area contributed by atoms with Crippen molar-refractivity contribution >= 4 is 5.96 Å². The molecule has 1 atom stereocenters. The third kappa shape index (κ3) is 4.13. The fourth-order valence-corrected chi connectivity index (χ4v) is 3.83. The molecule has 22 heavy (non-hydrogen) atoms. The van der Waals surface area contributed by atoms with Crippen LogP contribution in [-0.2, 0) is 9.47 Å². The Morgan fingerprint density at radius 1 is 1.00 bits per heavy atom. The van der Waals surface area contributed by atoms with Crippen LogP contribution in [0.3, 0.4) is 0 Å². The van der Waals surface area contributed by atoms with E-state index in [4.69, 9.17) is 15.2 Å². The molecule has 3 fully saturated rings. The van der Waals surface area contributed by atoms with Crippen LogP contribution in [-0.4, -0.2) is 49.0 Å². The summed E-state index contributed by atoms with van der Waals surface area (Å²) in [5, 5.41) is 0. The lowest BCUT2D eigenvalue weighted by atomic mass is 10.1. The van der Waals surface area contributed by atoms with Crippen molar-refractivity contribution < 1.29 is 9.47 Å². The standard InChI is InChI=1S/C17H31N3O2/c18-16(20-11-7-3-4-8-12-20)19-13-15-14-21-17(22-15)9-5-1-2-6-10-17/h15H,1-14H2,(H2,18,19). The largest absolute Gasteiger partial charge is 0.370 e. The van der Waals surface area contributed by atoms with E-state index in [1.165, 1.54) is 51.4 Å². The summed E-state index contributed by atoms with van der Waals surface area (Å²) in [6.45, 7) is 3.38. The minimum absolute atomic E-state index is 0.0728. The van der Waals surface area contributed by atoms with Crippen LogP contribution in [0.1, 0.15) is 64.2 Å². The van der Waals surface area contributed by atoms with E-state index in [0.29, 0.717) is 19.1 Å². The van der Waals surface area contributed by atoms with Crippen LogP contribution in [0.15, 0.2) is 4.99 Å². The molecule has 5 nitrogen and oxygen atoms in total. The molecule has 1 spiro atoms. The molecule has 3 rings (SSSR count). The second-order valence-electron chi connectivity index (χ2n) is 6.98. The van der Waals surface area contributed by atoms with Gasteiger partial charge >= 0.3 is 0 Å². The minimum atomic E-state index is -0.311. The Hall–Kier alpha value is -0.810. The maximum atomic E-state index is 6.23. The molecule has 0 amide bonds. The van der Waals surface area contributed by atoms with E-state index in [-0.39, 0.29) is 11.9 Å². The fourth-order valence-electron chi connectivity index (χ4n) is 3.83. The lowest BCUT2D eigenvalue weighted by molar-refractivity contribution is -0.174. The zero-order valence-corrected chi connectivity index (χ0v) is 13.8. The van der Waals surface area contributed by atoms with Gasteiger partial charge in [-0.2, -0.15) is 0 Å². The molecule has 0 aromatic rings. The van der Waals surface area contributed by atoms with Gasteiger partial charge < -0.3 is 20.1 Å². The number of aliphatic imine (C=N–C) groups is 1. The van der Waals surface area contributed by atoms with Crippen molar-refractivity contribution in [3.05, 3.63) is 0 Å². The summed E-state index contributed by atoms with van der Waals surface area (Å²) in [6, 6.07) is 0. The quantitative estimate of drug-likeness (QED) is 0.629. The molecule has 0 aromatic carbocycles. The molecule has 2 aliphatic heterocycles. The molecule has 126 valence electrons. The third-order valence-electron chi connectivity index (χ3n) is 5.17. The normalized spacial score (nSPS) is 30.3. The topological polar surface area (TPSA) is 60.1 Å². The van der Waals surface area contributed by atoms with Gasteiger partial charge in [-0.1, -0.05) is 25.7 Å². The Balaban J connectivity index is 1.49. The number of ether oxygens (including phenoxy) is 2. The summed E-state index contributed by atoms with van der Waals surface area (Å²) in [5.41, 5.74) is 6.17. The van der Waals surface area contributed by atoms with Crippen molar-refractivity contribution in [2.24, 2.45) is 10.7 Å². The zero-order chi connectivity index (χ0) is 15.3. The van der Waals surface area contributed by atoms with Crippen LogP contribution in [0.2, 0.25) is 0 Å². The van der Waals surface area contributed by atoms with Gasteiger partial charge in [-0.15, -0.1) is 0 Å². The Morgan fingerprint density at radius 2 is 1.64 bits per heavy atom. The van der Waals surface area contributed by atoms with Crippen molar-refractivity contribution in [3.8, 4) is 0 Å². The number of hydrogen-bond donors (Lipinski definition) is 1. The van der Waals surface area contributed by atoms with Gasteiger partial charge in [0.05, 0.1) is 13.2 Å². The molecular weight excluding hydrogens is 278 g/mol. The lowest BCUT2D eigenvalue weighted by Crippen LogP contribution is -2.39. The Kier molecular flexibility index (Phi) is 5.58. The van der Waals surface area contributed by atoms with Crippen molar-refractivity contribution in [1.82, 2.24) is 4.90 Å².